The number of aliphatic hydroxyl groups excluding tert-OH is 1. The maximum absolute atomic E-state index is 9.92. The van der Waals surface area contributed by atoms with Crippen LogP contribution in [0.4, 0.5) is 0 Å². The third kappa shape index (κ3) is 3.70. The van der Waals surface area contributed by atoms with E-state index in [2.05, 4.69) is 4.98 Å². The molecule has 17 heavy (non-hydrogen) atoms. The van der Waals surface area contributed by atoms with Crippen molar-refractivity contribution in [2.75, 3.05) is 6.61 Å². The molecule has 1 fully saturated rings. The minimum atomic E-state index is -0.349. The van der Waals surface area contributed by atoms with E-state index in [4.69, 9.17) is 4.74 Å². The summed E-state index contributed by atoms with van der Waals surface area (Å²) in [5, 5.41) is 9.92. The molecule has 1 heterocycles. The Labute approximate surface area is 103 Å². The Morgan fingerprint density at radius 3 is 2.94 bits per heavy atom. The number of aliphatic hydroxyl groups is 1. The molecule has 1 saturated carbocycles. The lowest BCUT2D eigenvalue weighted by atomic mass is 10.0. The number of aromatic nitrogens is 1. The average Bonchev–Trinajstić information content (AvgIpc) is 2.81. The van der Waals surface area contributed by atoms with E-state index in [-0.39, 0.29) is 6.10 Å². The third-order valence-corrected chi connectivity index (χ3v) is 3.47. The lowest BCUT2D eigenvalue weighted by Gasteiger charge is -2.16. The van der Waals surface area contributed by atoms with E-state index in [1.165, 1.54) is 25.7 Å². The molecule has 0 saturated heterocycles. The number of pyridine rings is 1. The molecule has 3 nitrogen and oxygen atoms in total. The Balaban J connectivity index is 1.75. The Bertz CT molecular complexity index is 348. The summed E-state index contributed by atoms with van der Waals surface area (Å²) in [5.74, 6) is 1.47. The van der Waals surface area contributed by atoms with Gasteiger partial charge in [-0.15, -0.1) is 0 Å². The van der Waals surface area contributed by atoms with Crippen LogP contribution in [0.25, 0.3) is 0 Å². The van der Waals surface area contributed by atoms with Crippen molar-refractivity contribution in [2.45, 2.75) is 45.1 Å². The van der Waals surface area contributed by atoms with Crippen LogP contribution >= 0.6 is 0 Å². The summed E-state index contributed by atoms with van der Waals surface area (Å²) in [7, 11) is 0. The second-order valence-electron chi connectivity index (χ2n) is 4.94. The average molecular weight is 235 g/mol. The molecule has 0 aliphatic heterocycles. The molecule has 2 rings (SSSR count). The van der Waals surface area contributed by atoms with E-state index < -0.39 is 0 Å². The second-order valence-corrected chi connectivity index (χ2v) is 4.94. The summed E-state index contributed by atoms with van der Waals surface area (Å²) in [4.78, 5) is 4.15. The van der Waals surface area contributed by atoms with Crippen LogP contribution in [-0.2, 0) is 0 Å². The largest absolute Gasteiger partial charge is 0.489 e. The maximum Gasteiger partial charge on any atom is 0.140 e. The lowest BCUT2D eigenvalue weighted by molar-refractivity contribution is 0.0850. The fraction of sp³-hybridized carbons (Fsp3) is 0.643. The molecule has 1 atom stereocenters. The van der Waals surface area contributed by atoms with Gasteiger partial charge in [0.05, 0.1) is 11.8 Å². The number of nitrogens with zero attached hydrogens (tertiary/aromatic N) is 1. The summed E-state index contributed by atoms with van der Waals surface area (Å²) in [6, 6.07) is 3.75. The van der Waals surface area contributed by atoms with Crippen molar-refractivity contribution < 1.29 is 9.84 Å². The van der Waals surface area contributed by atoms with Crippen molar-refractivity contribution in [1.29, 1.82) is 0 Å². The molecule has 0 amide bonds. The monoisotopic (exact) mass is 235 g/mol. The number of aryl methyl sites for hydroxylation is 1. The molecule has 1 aromatic rings. The van der Waals surface area contributed by atoms with Crippen molar-refractivity contribution >= 4 is 0 Å². The predicted octanol–water partition coefficient (Wildman–Crippen LogP) is 2.71. The fourth-order valence-corrected chi connectivity index (χ4v) is 2.51. The van der Waals surface area contributed by atoms with E-state index in [1.54, 1.807) is 6.20 Å². The summed E-state index contributed by atoms with van der Waals surface area (Å²) < 4.78 is 5.60. The molecule has 94 valence electrons. The molecular formula is C14H21NO2. The van der Waals surface area contributed by atoms with Crippen LogP contribution in [0.1, 0.15) is 37.8 Å². The molecule has 3 heteroatoms. The van der Waals surface area contributed by atoms with Gasteiger partial charge >= 0.3 is 0 Å². The topological polar surface area (TPSA) is 42.4 Å². The minimum absolute atomic E-state index is 0.349. The highest BCUT2D eigenvalue weighted by atomic mass is 16.5. The number of rotatable bonds is 5. The zero-order valence-electron chi connectivity index (χ0n) is 10.4. The molecule has 1 N–H and O–H groups in total. The van der Waals surface area contributed by atoms with Gasteiger partial charge in [0.2, 0.25) is 0 Å². The van der Waals surface area contributed by atoms with Crippen molar-refractivity contribution in [2.24, 2.45) is 5.92 Å². The minimum Gasteiger partial charge on any atom is -0.489 e. The van der Waals surface area contributed by atoms with Crippen LogP contribution in [0.15, 0.2) is 18.3 Å². The van der Waals surface area contributed by atoms with Gasteiger partial charge in [-0.25, -0.2) is 0 Å². The summed E-state index contributed by atoms with van der Waals surface area (Å²) in [5.41, 5.74) is 0.876. The summed E-state index contributed by atoms with van der Waals surface area (Å²) in [6.07, 6.45) is 7.44. The number of hydrogen-bond acceptors (Lipinski definition) is 3. The van der Waals surface area contributed by atoms with Crippen LogP contribution in [0.3, 0.4) is 0 Å². The molecular weight excluding hydrogens is 214 g/mol. The molecule has 1 aromatic heterocycles. The second kappa shape index (κ2) is 6.01. The molecule has 0 aromatic carbocycles. The first-order valence-corrected chi connectivity index (χ1v) is 6.48. The zero-order chi connectivity index (χ0) is 12.1. The van der Waals surface area contributed by atoms with Gasteiger partial charge in [0.15, 0.2) is 0 Å². The summed E-state index contributed by atoms with van der Waals surface area (Å²) in [6.45, 7) is 2.29. The molecule has 0 bridgehead atoms. The van der Waals surface area contributed by atoms with Crippen LogP contribution in [0.2, 0.25) is 0 Å². The van der Waals surface area contributed by atoms with Crippen LogP contribution in [0.5, 0.6) is 5.75 Å². The van der Waals surface area contributed by atoms with Gasteiger partial charge in [0.1, 0.15) is 12.4 Å². The Morgan fingerprint density at radius 2 is 2.24 bits per heavy atom. The quantitative estimate of drug-likeness (QED) is 0.853. The highest BCUT2D eigenvalue weighted by molar-refractivity contribution is 5.25. The van der Waals surface area contributed by atoms with Crippen LogP contribution in [-0.4, -0.2) is 22.8 Å². The van der Waals surface area contributed by atoms with Gasteiger partial charge in [-0.05, 0) is 31.4 Å². The molecule has 1 aliphatic rings. The first-order chi connectivity index (χ1) is 8.25. The molecule has 0 radical (unpaired) electrons. The maximum atomic E-state index is 9.92. The first kappa shape index (κ1) is 12.4. The van der Waals surface area contributed by atoms with Crippen molar-refractivity contribution in [3.8, 4) is 5.75 Å². The van der Waals surface area contributed by atoms with E-state index in [1.807, 2.05) is 19.1 Å². The SMILES string of the molecule is Cc1ncccc1OCC(O)CC1CCCC1. The smallest absolute Gasteiger partial charge is 0.140 e. The number of hydrogen-bond donors (Lipinski definition) is 1. The Hall–Kier alpha value is -1.09. The Kier molecular flexibility index (Phi) is 4.37. The van der Waals surface area contributed by atoms with Crippen molar-refractivity contribution in [3.05, 3.63) is 24.0 Å². The fourth-order valence-electron chi connectivity index (χ4n) is 2.51. The molecule has 1 aliphatic carbocycles. The van der Waals surface area contributed by atoms with Crippen LogP contribution < -0.4 is 4.74 Å². The van der Waals surface area contributed by atoms with Gasteiger partial charge in [-0.3, -0.25) is 4.98 Å². The van der Waals surface area contributed by atoms with E-state index in [0.717, 1.165) is 17.9 Å². The van der Waals surface area contributed by atoms with E-state index in [9.17, 15) is 5.11 Å². The lowest BCUT2D eigenvalue weighted by Crippen LogP contribution is -2.20. The highest BCUT2D eigenvalue weighted by Crippen LogP contribution is 2.28. The van der Waals surface area contributed by atoms with Gasteiger partial charge in [0, 0.05) is 6.20 Å². The van der Waals surface area contributed by atoms with Crippen molar-refractivity contribution in [3.63, 3.8) is 0 Å². The van der Waals surface area contributed by atoms with E-state index >= 15 is 0 Å². The normalized spacial score (nSPS) is 18.2. The molecule has 0 spiro atoms. The zero-order valence-corrected chi connectivity index (χ0v) is 10.4. The predicted molar refractivity (Wildman–Crippen MR) is 67.1 cm³/mol. The van der Waals surface area contributed by atoms with Crippen LogP contribution in [0, 0.1) is 12.8 Å². The molecule has 1 unspecified atom stereocenters. The third-order valence-electron chi connectivity index (χ3n) is 3.47. The van der Waals surface area contributed by atoms with Crippen molar-refractivity contribution in [1.82, 2.24) is 4.98 Å². The highest BCUT2D eigenvalue weighted by Gasteiger charge is 2.19. The first-order valence-electron chi connectivity index (χ1n) is 6.48. The van der Waals surface area contributed by atoms with Gasteiger partial charge in [-0.1, -0.05) is 25.7 Å². The summed E-state index contributed by atoms with van der Waals surface area (Å²) >= 11 is 0. The van der Waals surface area contributed by atoms with Gasteiger partial charge < -0.3 is 9.84 Å². The van der Waals surface area contributed by atoms with Gasteiger partial charge in [-0.2, -0.15) is 0 Å². The number of ether oxygens (including phenoxy) is 1. The van der Waals surface area contributed by atoms with Gasteiger partial charge in [0.25, 0.3) is 0 Å². The Morgan fingerprint density at radius 1 is 1.47 bits per heavy atom. The van der Waals surface area contributed by atoms with E-state index in [0.29, 0.717) is 12.5 Å². The standard InChI is InChI=1S/C14H21NO2/c1-11-14(7-4-8-15-11)17-10-13(16)9-12-5-2-3-6-12/h4,7-8,12-13,16H,2-3,5-6,9-10H2,1H3.